The van der Waals surface area contributed by atoms with Crippen molar-refractivity contribution in [1.82, 2.24) is 26.2 Å². The van der Waals surface area contributed by atoms with E-state index in [9.17, 15) is 28.8 Å². The first-order chi connectivity index (χ1) is 30.2. The van der Waals surface area contributed by atoms with Crippen molar-refractivity contribution in [2.45, 2.75) is 51.2 Å². The molecule has 15 nitrogen and oxygen atoms in total. The summed E-state index contributed by atoms with van der Waals surface area (Å²) in [5.74, 6) is 3.48. The van der Waals surface area contributed by atoms with E-state index in [-0.39, 0.29) is 68.0 Å². The summed E-state index contributed by atoms with van der Waals surface area (Å²) in [6.07, 6.45) is 7.63. The Morgan fingerprint density at radius 3 is 2.52 bits per heavy atom. The molecule has 2 unspecified atom stereocenters. The van der Waals surface area contributed by atoms with Gasteiger partial charge < -0.3 is 41.0 Å². The maximum absolute atomic E-state index is 13.4. The van der Waals surface area contributed by atoms with E-state index in [1.54, 1.807) is 24.3 Å². The lowest BCUT2D eigenvalue weighted by atomic mass is 9.97. The minimum atomic E-state index is -0.730. The van der Waals surface area contributed by atoms with Crippen LogP contribution in [0.25, 0.3) is 11.3 Å². The molecule has 0 radical (unpaired) electrons. The van der Waals surface area contributed by atoms with E-state index in [2.05, 4.69) is 62.0 Å². The van der Waals surface area contributed by atoms with Gasteiger partial charge in [-0.05, 0) is 55.2 Å². The van der Waals surface area contributed by atoms with Gasteiger partial charge in [0, 0.05) is 72.5 Å². The van der Waals surface area contributed by atoms with Crippen LogP contribution in [0, 0.1) is 11.8 Å². The van der Waals surface area contributed by atoms with E-state index in [1.165, 1.54) is 4.90 Å². The average Bonchev–Trinajstić information content (AvgIpc) is 3.78. The van der Waals surface area contributed by atoms with Crippen LogP contribution in [0.4, 0.5) is 11.4 Å². The molecule has 6 N–H and O–H groups in total. The molecule has 1 aliphatic carbocycles. The normalized spacial score (nSPS) is 18.5. The molecule has 3 heterocycles. The Morgan fingerprint density at radius 1 is 0.919 bits per heavy atom. The molecule has 7 rings (SSSR count). The molecule has 2 atom stereocenters. The fourth-order valence-electron chi connectivity index (χ4n) is 7.60. The van der Waals surface area contributed by atoms with E-state index in [4.69, 9.17) is 9.47 Å². The molecule has 1 fully saturated rings. The number of carbonyl (C=O) groups is 6. The third-order valence-electron chi connectivity index (χ3n) is 10.7. The molecule has 3 aromatic carbocycles. The number of ether oxygens (including phenoxy) is 2. The monoisotopic (exact) mass is 839 g/mol. The van der Waals surface area contributed by atoms with Crippen LogP contribution in [0.3, 0.4) is 0 Å². The number of piperidine rings is 1. The second-order valence-electron chi connectivity index (χ2n) is 15.0. The van der Waals surface area contributed by atoms with Crippen LogP contribution in [-0.2, 0) is 40.0 Å². The van der Waals surface area contributed by atoms with E-state index in [0.29, 0.717) is 73.1 Å². The third kappa shape index (κ3) is 10.7. The minimum absolute atomic E-state index is 0.0440. The Bertz CT molecular complexity index is 2400. The van der Waals surface area contributed by atoms with Crippen LogP contribution in [0.15, 0.2) is 90.5 Å². The standard InChI is InChI=1S/C47H49N7O8/c1-2-49-40(55)19-14-30-13-17-35-38(27-30)52-46(59)43(35)44(32-7-4-3-5-8-32)50-33-15-11-31(12-16-33)28-48-22-24-62-26-25-61-23-21-42(57)51-37-10-6-9-34-36(37)29-54(47(34)60)39-18-20-41(56)53-45(39)58/h3-13,15,17,27,33,39,48,50H,2,16,18,20-26,28-29H2,1H3,(H,49,55)(H,51,57)(H,52,59)(H,53,56,58)/b44-43-. The molecular formula is C47H49N7O8. The summed E-state index contributed by atoms with van der Waals surface area (Å²) in [7, 11) is 0. The number of imide groups is 1. The summed E-state index contributed by atoms with van der Waals surface area (Å²) in [6, 6.07) is 19.5. The minimum Gasteiger partial charge on any atom is -0.379 e. The van der Waals surface area contributed by atoms with Gasteiger partial charge in [-0.3, -0.25) is 34.1 Å². The van der Waals surface area contributed by atoms with Gasteiger partial charge >= 0.3 is 0 Å². The van der Waals surface area contributed by atoms with Crippen molar-refractivity contribution in [3.63, 3.8) is 0 Å². The molecule has 1 saturated heterocycles. The number of hydrogen-bond donors (Lipinski definition) is 6. The Balaban J connectivity index is 0.799. The highest BCUT2D eigenvalue weighted by Crippen LogP contribution is 2.37. The van der Waals surface area contributed by atoms with Gasteiger partial charge in [0.2, 0.25) is 17.7 Å². The number of nitrogens with one attached hydrogen (secondary N) is 6. The van der Waals surface area contributed by atoms with E-state index < -0.39 is 11.9 Å². The van der Waals surface area contributed by atoms with Gasteiger partial charge in [0.25, 0.3) is 17.7 Å². The van der Waals surface area contributed by atoms with E-state index in [0.717, 1.165) is 28.8 Å². The van der Waals surface area contributed by atoms with Gasteiger partial charge in [-0.1, -0.05) is 66.6 Å². The molecular weight excluding hydrogens is 791 g/mol. The Hall–Kier alpha value is -6.86. The second kappa shape index (κ2) is 20.6. The summed E-state index contributed by atoms with van der Waals surface area (Å²) in [5.41, 5.74) is 6.92. The smallest absolute Gasteiger partial charge is 0.296 e. The zero-order valence-corrected chi connectivity index (χ0v) is 34.4. The van der Waals surface area contributed by atoms with Crippen LogP contribution in [-0.4, -0.2) is 98.5 Å². The van der Waals surface area contributed by atoms with Crippen LogP contribution >= 0.6 is 0 Å². The zero-order chi connectivity index (χ0) is 43.4. The fourth-order valence-corrected chi connectivity index (χ4v) is 7.60. The Labute approximate surface area is 359 Å². The number of amides is 6. The molecule has 0 saturated carbocycles. The van der Waals surface area contributed by atoms with Crippen molar-refractivity contribution >= 4 is 58.1 Å². The highest BCUT2D eigenvalue weighted by atomic mass is 16.5. The number of fused-ring (bicyclic) bond motifs is 2. The molecule has 320 valence electrons. The summed E-state index contributed by atoms with van der Waals surface area (Å²) in [4.78, 5) is 76.5. The van der Waals surface area contributed by atoms with Crippen molar-refractivity contribution in [1.29, 1.82) is 0 Å². The Morgan fingerprint density at radius 2 is 1.74 bits per heavy atom. The van der Waals surface area contributed by atoms with Crippen LogP contribution in [0.1, 0.15) is 65.2 Å². The largest absolute Gasteiger partial charge is 0.379 e. The van der Waals surface area contributed by atoms with Crippen molar-refractivity contribution in [3.05, 3.63) is 118 Å². The van der Waals surface area contributed by atoms with Crippen molar-refractivity contribution < 1.29 is 38.2 Å². The summed E-state index contributed by atoms with van der Waals surface area (Å²) < 4.78 is 11.3. The lowest BCUT2D eigenvalue weighted by Gasteiger charge is -2.29. The summed E-state index contributed by atoms with van der Waals surface area (Å²) in [6.45, 7) is 5.18. The van der Waals surface area contributed by atoms with Crippen molar-refractivity contribution in [3.8, 4) is 11.8 Å². The first-order valence-electron chi connectivity index (χ1n) is 20.8. The number of rotatable bonds is 17. The molecule has 15 heteroatoms. The summed E-state index contributed by atoms with van der Waals surface area (Å²) in [5, 5.41) is 17.8. The highest BCUT2D eigenvalue weighted by Gasteiger charge is 2.40. The van der Waals surface area contributed by atoms with Gasteiger partial charge in [-0.25, -0.2) is 0 Å². The van der Waals surface area contributed by atoms with Crippen molar-refractivity contribution in [2.75, 3.05) is 56.7 Å². The predicted octanol–water partition coefficient (Wildman–Crippen LogP) is 3.25. The predicted molar refractivity (Wildman–Crippen MR) is 233 cm³/mol. The first kappa shape index (κ1) is 43.2. The molecule has 4 aliphatic rings. The third-order valence-corrected chi connectivity index (χ3v) is 10.7. The topological polar surface area (TPSA) is 196 Å². The molecule has 0 bridgehead atoms. The number of carbonyl (C=O) groups excluding carboxylic acids is 6. The maximum atomic E-state index is 13.4. The molecule has 0 aromatic heterocycles. The molecule has 3 aromatic rings. The zero-order valence-electron chi connectivity index (χ0n) is 34.4. The molecule has 6 amide bonds. The molecule has 62 heavy (non-hydrogen) atoms. The first-order valence-corrected chi connectivity index (χ1v) is 20.8. The molecule has 3 aliphatic heterocycles. The number of nitrogens with zero attached hydrogens (tertiary/aromatic N) is 1. The van der Waals surface area contributed by atoms with Crippen LogP contribution in [0.5, 0.6) is 0 Å². The van der Waals surface area contributed by atoms with Gasteiger partial charge in [0.15, 0.2) is 0 Å². The number of benzene rings is 3. The second-order valence-corrected chi connectivity index (χ2v) is 15.0. The lowest BCUT2D eigenvalue weighted by Crippen LogP contribution is -2.52. The molecule has 0 spiro atoms. The van der Waals surface area contributed by atoms with E-state index >= 15 is 0 Å². The van der Waals surface area contributed by atoms with Crippen LogP contribution < -0.4 is 31.9 Å². The van der Waals surface area contributed by atoms with Crippen molar-refractivity contribution in [2.24, 2.45) is 0 Å². The quantitative estimate of drug-likeness (QED) is 0.0509. The highest BCUT2D eigenvalue weighted by molar-refractivity contribution is 6.36. The summed E-state index contributed by atoms with van der Waals surface area (Å²) >= 11 is 0. The lowest BCUT2D eigenvalue weighted by molar-refractivity contribution is -0.137. The number of hydrogen-bond acceptors (Lipinski definition) is 10. The van der Waals surface area contributed by atoms with Gasteiger partial charge in [-0.2, -0.15) is 0 Å². The maximum Gasteiger partial charge on any atom is 0.296 e. The van der Waals surface area contributed by atoms with Gasteiger partial charge in [-0.15, -0.1) is 0 Å². The van der Waals surface area contributed by atoms with Gasteiger partial charge in [0.05, 0.1) is 49.8 Å². The fraction of sp³-hybridized carbons (Fsp3) is 0.319. The average molecular weight is 840 g/mol. The SMILES string of the molecule is CCNC(=O)C#Cc1ccc2c(c1)NC(=O)/C2=C(\NC1C=CC(CNCCOCCOCCC(=O)Nc2cccc3c2CN(C2CCC(=O)NC2=O)C3=O)=CC1)c1ccccc1. The van der Waals surface area contributed by atoms with Crippen LogP contribution in [0.2, 0.25) is 0 Å². The number of anilines is 2. The Kier molecular flexibility index (Phi) is 14.4. The van der Waals surface area contributed by atoms with E-state index in [1.807, 2.05) is 49.4 Å². The van der Waals surface area contributed by atoms with Gasteiger partial charge in [0.1, 0.15) is 6.04 Å².